The zero-order chi connectivity index (χ0) is 21.8. The van der Waals surface area contributed by atoms with Crippen molar-refractivity contribution in [2.45, 2.75) is 24.4 Å². The first-order chi connectivity index (χ1) is 14.9. The lowest BCUT2D eigenvalue weighted by molar-refractivity contribution is -0.121. The third kappa shape index (κ3) is 4.87. The van der Waals surface area contributed by atoms with E-state index in [0.717, 1.165) is 10.2 Å². The zero-order valence-corrected chi connectivity index (χ0v) is 18.7. The second-order valence-electron chi connectivity index (χ2n) is 7.19. The summed E-state index contributed by atoms with van der Waals surface area (Å²) in [6, 6.07) is 14.0. The lowest BCUT2D eigenvalue weighted by Crippen LogP contribution is -2.41. The molecule has 0 radical (unpaired) electrons. The van der Waals surface area contributed by atoms with E-state index >= 15 is 0 Å². The number of hydrogen-bond acceptors (Lipinski definition) is 7. The molecule has 31 heavy (non-hydrogen) atoms. The van der Waals surface area contributed by atoms with Crippen LogP contribution in [-0.4, -0.2) is 56.0 Å². The molecule has 1 fully saturated rings. The molecular weight excluding hydrogens is 436 g/mol. The number of carbonyl (C=O) groups is 1. The lowest BCUT2D eigenvalue weighted by Gasteiger charge is -2.27. The van der Waals surface area contributed by atoms with Gasteiger partial charge in [-0.3, -0.25) is 4.79 Å². The van der Waals surface area contributed by atoms with Crippen LogP contribution in [0.15, 0.2) is 53.4 Å². The minimum atomic E-state index is -3.65. The van der Waals surface area contributed by atoms with Crippen molar-refractivity contribution in [2.24, 2.45) is 0 Å². The summed E-state index contributed by atoms with van der Waals surface area (Å²) in [5, 5.41) is 6.62. The van der Waals surface area contributed by atoms with Crippen LogP contribution in [0.2, 0.25) is 0 Å². The summed E-state index contributed by atoms with van der Waals surface area (Å²) < 4.78 is 33.8. The quantitative estimate of drug-likeness (QED) is 0.562. The maximum atomic E-state index is 13.1. The van der Waals surface area contributed by atoms with E-state index in [1.54, 1.807) is 31.2 Å². The predicted octanol–water partition coefficient (Wildman–Crippen LogP) is 2.43. The van der Waals surface area contributed by atoms with Gasteiger partial charge in [-0.2, -0.15) is 4.31 Å². The van der Waals surface area contributed by atoms with Crippen molar-refractivity contribution in [1.29, 1.82) is 0 Å². The van der Waals surface area contributed by atoms with Gasteiger partial charge in [-0.05, 0) is 30.7 Å². The molecule has 8 nitrogen and oxygen atoms in total. The summed E-state index contributed by atoms with van der Waals surface area (Å²) in [7, 11) is -3.65. The fourth-order valence-corrected chi connectivity index (χ4v) is 5.93. The lowest BCUT2D eigenvalue weighted by atomic mass is 10.2. The monoisotopic (exact) mass is 460 g/mol. The van der Waals surface area contributed by atoms with E-state index < -0.39 is 16.1 Å². The molecule has 1 saturated heterocycles. The number of benzene rings is 2. The molecule has 0 saturated carbocycles. The van der Waals surface area contributed by atoms with E-state index in [1.807, 2.05) is 24.3 Å². The van der Waals surface area contributed by atoms with Gasteiger partial charge < -0.3 is 15.4 Å². The number of amides is 1. The molecule has 1 unspecified atom stereocenters. The number of sulfonamides is 1. The Balaban J connectivity index is 1.42. The molecule has 3 aromatic rings. The highest BCUT2D eigenvalue weighted by molar-refractivity contribution is 7.89. The molecule has 1 aliphatic rings. The molecule has 0 spiro atoms. The maximum Gasteiger partial charge on any atom is 0.243 e. The molecule has 10 heteroatoms. The van der Waals surface area contributed by atoms with Gasteiger partial charge in [-0.1, -0.05) is 41.7 Å². The van der Waals surface area contributed by atoms with E-state index in [0.29, 0.717) is 37.0 Å². The third-order valence-corrected chi connectivity index (χ3v) is 8.01. The van der Waals surface area contributed by atoms with E-state index in [4.69, 9.17) is 4.74 Å². The van der Waals surface area contributed by atoms with Crippen LogP contribution in [0.25, 0.3) is 10.2 Å². The second-order valence-corrected chi connectivity index (χ2v) is 10.1. The molecule has 1 aliphatic heterocycles. The number of para-hydroxylation sites is 1. The number of anilines is 1. The molecule has 2 aromatic carbocycles. The van der Waals surface area contributed by atoms with Gasteiger partial charge in [-0.15, -0.1) is 0 Å². The Morgan fingerprint density at radius 2 is 1.87 bits per heavy atom. The van der Waals surface area contributed by atoms with Gasteiger partial charge in [0.2, 0.25) is 15.9 Å². The Labute approximate surface area is 185 Å². The SMILES string of the molecule is CC(Nc1nc2ccccc2s1)C(=O)NCc1ccccc1S(=O)(=O)N1CCOCC1. The van der Waals surface area contributed by atoms with Gasteiger partial charge in [0.25, 0.3) is 0 Å². The zero-order valence-electron chi connectivity index (χ0n) is 17.1. The summed E-state index contributed by atoms with van der Waals surface area (Å²) >= 11 is 1.48. The molecule has 0 bridgehead atoms. The van der Waals surface area contributed by atoms with E-state index in [9.17, 15) is 13.2 Å². The van der Waals surface area contributed by atoms with Crippen LogP contribution in [-0.2, 0) is 26.1 Å². The number of hydrogen-bond donors (Lipinski definition) is 2. The first kappa shape index (κ1) is 21.7. The van der Waals surface area contributed by atoms with Crippen LogP contribution < -0.4 is 10.6 Å². The summed E-state index contributed by atoms with van der Waals surface area (Å²) in [6.45, 7) is 3.28. The van der Waals surface area contributed by atoms with E-state index in [-0.39, 0.29) is 17.3 Å². The van der Waals surface area contributed by atoms with Gasteiger partial charge in [0.05, 0.1) is 28.3 Å². The highest BCUT2D eigenvalue weighted by Crippen LogP contribution is 2.26. The number of thiazole rings is 1. The van der Waals surface area contributed by atoms with E-state index in [2.05, 4.69) is 15.6 Å². The summed E-state index contributed by atoms with van der Waals surface area (Å²) in [5.74, 6) is -0.238. The van der Waals surface area contributed by atoms with Crippen LogP contribution in [0.4, 0.5) is 5.13 Å². The molecule has 0 aliphatic carbocycles. The molecular formula is C21H24N4O4S2. The Morgan fingerprint density at radius 1 is 1.16 bits per heavy atom. The van der Waals surface area contributed by atoms with Crippen molar-refractivity contribution in [3.05, 3.63) is 54.1 Å². The number of rotatable bonds is 7. The first-order valence-corrected chi connectivity index (χ1v) is 12.3. The average Bonchev–Trinajstić information content (AvgIpc) is 3.20. The summed E-state index contributed by atoms with van der Waals surface area (Å²) in [5.41, 5.74) is 1.43. The van der Waals surface area contributed by atoms with Crippen molar-refractivity contribution in [3.8, 4) is 0 Å². The van der Waals surface area contributed by atoms with Crippen LogP contribution in [0.1, 0.15) is 12.5 Å². The Hall–Kier alpha value is -2.53. The number of nitrogens with one attached hydrogen (secondary N) is 2. The normalized spacial score (nSPS) is 16.2. The molecule has 2 N–H and O–H groups in total. The van der Waals surface area contributed by atoms with Crippen molar-refractivity contribution in [3.63, 3.8) is 0 Å². The standard InChI is InChI=1S/C21H24N4O4S2/c1-15(23-21-24-17-7-3-4-8-18(17)30-21)20(26)22-14-16-6-2-5-9-19(16)31(27,28)25-10-12-29-13-11-25/h2-9,15H,10-14H2,1H3,(H,22,26)(H,23,24). The minimum Gasteiger partial charge on any atom is -0.379 e. The molecule has 1 aromatic heterocycles. The molecule has 1 atom stereocenters. The van der Waals surface area contributed by atoms with Crippen LogP contribution in [0, 0.1) is 0 Å². The third-order valence-electron chi connectivity index (χ3n) is 5.04. The average molecular weight is 461 g/mol. The topological polar surface area (TPSA) is 101 Å². The van der Waals surface area contributed by atoms with Crippen LogP contribution in [0.5, 0.6) is 0 Å². The number of carbonyl (C=O) groups excluding carboxylic acids is 1. The molecule has 2 heterocycles. The minimum absolute atomic E-state index is 0.116. The predicted molar refractivity (Wildman–Crippen MR) is 121 cm³/mol. The Kier molecular flexibility index (Phi) is 6.51. The second kappa shape index (κ2) is 9.31. The number of fused-ring (bicyclic) bond motifs is 1. The Morgan fingerprint density at radius 3 is 2.65 bits per heavy atom. The highest BCUT2D eigenvalue weighted by atomic mass is 32.2. The first-order valence-electron chi connectivity index (χ1n) is 10.0. The number of ether oxygens (including phenoxy) is 1. The van der Waals surface area contributed by atoms with Crippen molar-refractivity contribution >= 4 is 42.6 Å². The van der Waals surface area contributed by atoms with Gasteiger partial charge in [0, 0.05) is 19.6 Å². The number of morpholine rings is 1. The molecule has 1 amide bonds. The number of aromatic nitrogens is 1. The maximum absolute atomic E-state index is 13.1. The van der Waals surface area contributed by atoms with Gasteiger partial charge in [-0.25, -0.2) is 13.4 Å². The van der Waals surface area contributed by atoms with Crippen molar-refractivity contribution in [2.75, 3.05) is 31.6 Å². The highest BCUT2D eigenvalue weighted by Gasteiger charge is 2.28. The fraction of sp³-hybridized carbons (Fsp3) is 0.333. The number of nitrogens with zero attached hydrogens (tertiary/aromatic N) is 2. The summed E-state index contributed by atoms with van der Waals surface area (Å²) in [6.07, 6.45) is 0. The van der Waals surface area contributed by atoms with Crippen molar-refractivity contribution < 1.29 is 17.9 Å². The van der Waals surface area contributed by atoms with Gasteiger partial charge in [0.1, 0.15) is 6.04 Å². The molecule has 4 rings (SSSR count). The van der Waals surface area contributed by atoms with Crippen LogP contribution in [0.3, 0.4) is 0 Å². The van der Waals surface area contributed by atoms with Crippen molar-refractivity contribution in [1.82, 2.24) is 14.6 Å². The smallest absolute Gasteiger partial charge is 0.243 e. The molecule has 164 valence electrons. The van der Waals surface area contributed by atoms with Crippen LogP contribution >= 0.6 is 11.3 Å². The fourth-order valence-electron chi connectivity index (χ4n) is 3.35. The largest absolute Gasteiger partial charge is 0.379 e. The van der Waals surface area contributed by atoms with Gasteiger partial charge in [0.15, 0.2) is 5.13 Å². The Bertz CT molecular complexity index is 1140. The summed E-state index contributed by atoms with van der Waals surface area (Å²) in [4.78, 5) is 17.3. The van der Waals surface area contributed by atoms with Gasteiger partial charge >= 0.3 is 0 Å². The van der Waals surface area contributed by atoms with E-state index in [1.165, 1.54) is 15.6 Å².